The molecule has 22 heavy (non-hydrogen) atoms. The topological polar surface area (TPSA) is 68.0 Å². The summed E-state index contributed by atoms with van der Waals surface area (Å²) in [4.78, 5) is 13.7. The Kier molecular flexibility index (Phi) is 4.42. The number of hydrogen-bond acceptors (Lipinski definition) is 5. The van der Waals surface area contributed by atoms with Gasteiger partial charge in [-0.3, -0.25) is 10.7 Å². The molecular formula is C15H20ClN3O3. The second-order valence-electron chi connectivity index (χ2n) is 5.41. The van der Waals surface area contributed by atoms with E-state index >= 15 is 0 Å². The standard InChI is InChI=1S/C15H20ClN3O3/c1-2-21-15(20)19-7-8-22-14-12(19)9-10-3-5-18(17)6-4-11(10)13(14)16/h9H,2-8,17H2,1H3. The molecular weight excluding hydrogens is 306 g/mol. The molecule has 2 aliphatic heterocycles. The highest BCUT2D eigenvalue weighted by Gasteiger charge is 2.30. The third kappa shape index (κ3) is 2.74. The van der Waals surface area contributed by atoms with Gasteiger partial charge >= 0.3 is 6.09 Å². The van der Waals surface area contributed by atoms with Crippen LogP contribution in [0.15, 0.2) is 6.07 Å². The Bertz CT molecular complexity index is 594. The van der Waals surface area contributed by atoms with Gasteiger partial charge in [0.2, 0.25) is 0 Å². The molecule has 7 heteroatoms. The Morgan fingerprint density at radius 2 is 2.18 bits per heavy atom. The fourth-order valence-electron chi connectivity index (χ4n) is 2.92. The first-order chi connectivity index (χ1) is 10.6. The molecule has 2 heterocycles. The minimum Gasteiger partial charge on any atom is -0.488 e. The van der Waals surface area contributed by atoms with Crippen LogP contribution < -0.4 is 15.5 Å². The number of anilines is 1. The van der Waals surface area contributed by atoms with E-state index < -0.39 is 0 Å². The van der Waals surface area contributed by atoms with Crippen LogP contribution in [0.2, 0.25) is 5.02 Å². The van der Waals surface area contributed by atoms with Crippen molar-refractivity contribution in [1.29, 1.82) is 0 Å². The van der Waals surface area contributed by atoms with Crippen molar-refractivity contribution >= 4 is 23.4 Å². The zero-order chi connectivity index (χ0) is 15.7. The summed E-state index contributed by atoms with van der Waals surface area (Å²) < 4.78 is 10.8. The summed E-state index contributed by atoms with van der Waals surface area (Å²) in [6, 6.07) is 1.99. The predicted octanol–water partition coefficient (Wildman–Crippen LogP) is 1.97. The lowest BCUT2D eigenvalue weighted by molar-refractivity contribution is 0.156. The van der Waals surface area contributed by atoms with Gasteiger partial charge in [0, 0.05) is 13.1 Å². The van der Waals surface area contributed by atoms with Crippen LogP contribution in [-0.2, 0) is 17.6 Å². The molecule has 0 bridgehead atoms. The molecule has 6 nitrogen and oxygen atoms in total. The fraction of sp³-hybridized carbons (Fsp3) is 0.533. The molecule has 2 aliphatic rings. The number of nitrogens with two attached hydrogens (primary N) is 1. The number of amides is 1. The van der Waals surface area contributed by atoms with Gasteiger partial charge < -0.3 is 9.47 Å². The van der Waals surface area contributed by atoms with Crippen molar-refractivity contribution in [3.63, 3.8) is 0 Å². The van der Waals surface area contributed by atoms with Gasteiger partial charge in [-0.15, -0.1) is 0 Å². The average molecular weight is 326 g/mol. The molecule has 3 rings (SSSR count). The van der Waals surface area contributed by atoms with Crippen LogP contribution in [-0.4, -0.2) is 44.0 Å². The number of halogens is 1. The van der Waals surface area contributed by atoms with Gasteiger partial charge in [0.25, 0.3) is 0 Å². The summed E-state index contributed by atoms with van der Waals surface area (Å²) in [5.41, 5.74) is 2.88. The fourth-order valence-corrected chi connectivity index (χ4v) is 3.29. The van der Waals surface area contributed by atoms with Gasteiger partial charge in [-0.25, -0.2) is 9.80 Å². The van der Waals surface area contributed by atoms with Crippen molar-refractivity contribution in [2.24, 2.45) is 5.84 Å². The van der Waals surface area contributed by atoms with Crippen LogP contribution in [0.4, 0.5) is 10.5 Å². The SMILES string of the molecule is CCOC(=O)N1CCOc2c1cc1c(c2Cl)CCN(N)CC1. The van der Waals surface area contributed by atoms with E-state index in [0.717, 1.165) is 37.1 Å². The first kappa shape index (κ1) is 15.4. The third-order valence-electron chi connectivity index (χ3n) is 4.05. The van der Waals surface area contributed by atoms with Crippen LogP contribution in [0.5, 0.6) is 5.75 Å². The highest BCUT2D eigenvalue weighted by molar-refractivity contribution is 6.33. The summed E-state index contributed by atoms with van der Waals surface area (Å²) in [6.45, 7) is 4.53. The Labute approximate surface area is 134 Å². The summed E-state index contributed by atoms with van der Waals surface area (Å²) in [7, 11) is 0. The van der Waals surface area contributed by atoms with Gasteiger partial charge in [-0.05, 0) is 37.0 Å². The van der Waals surface area contributed by atoms with Crippen molar-refractivity contribution in [1.82, 2.24) is 5.01 Å². The van der Waals surface area contributed by atoms with E-state index in [1.54, 1.807) is 16.8 Å². The predicted molar refractivity (Wildman–Crippen MR) is 84.5 cm³/mol. The van der Waals surface area contributed by atoms with Crippen molar-refractivity contribution in [3.05, 3.63) is 22.2 Å². The third-order valence-corrected chi connectivity index (χ3v) is 4.45. The lowest BCUT2D eigenvalue weighted by Gasteiger charge is -2.30. The van der Waals surface area contributed by atoms with E-state index in [1.165, 1.54) is 0 Å². The maximum atomic E-state index is 12.1. The van der Waals surface area contributed by atoms with E-state index in [-0.39, 0.29) is 6.09 Å². The maximum Gasteiger partial charge on any atom is 0.414 e. The summed E-state index contributed by atoms with van der Waals surface area (Å²) in [5.74, 6) is 6.48. The lowest BCUT2D eigenvalue weighted by Crippen LogP contribution is -2.38. The van der Waals surface area contributed by atoms with Gasteiger partial charge in [-0.2, -0.15) is 0 Å². The molecule has 0 radical (unpaired) electrons. The minimum absolute atomic E-state index is 0.340. The maximum absolute atomic E-state index is 12.1. The molecule has 0 spiro atoms. The van der Waals surface area contributed by atoms with E-state index in [0.29, 0.717) is 36.2 Å². The zero-order valence-corrected chi connectivity index (χ0v) is 13.4. The number of fused-ring (bicyclic) bond motifs is 2. The molecule has 1 aromatic rings. The highest BCUT2D eigenvalue weighted by Crippen LogP contribution is 2.43. The molecule has 2 N–H and O–H groups in total. The normalized spacial score (nSPS) is 18.0. The Balaban J connectivity index is 2.03. The smallest absolute Gasteiger partial charge is 0.414 e. The van der Waals surface area contributed by atoms with Crippen molar-refractivity contribution in [3.8, 4) is 5.75 Å². The van der Waals surface area contributed by atoms with Crippen molar-refractivity contribution in [2.45, 2.75) is 19.8 Å². The second-order valence-corrected chi connectivity index (χ2v) is 5.79. The van der Waals surface area contributed by atoms with Crippen LogP contribution in [0, 0.1) is 0 Å². The number of ether oxygens (including phenoxy) is 2. The molecule has 0 atom stereocenters. The minimum atomic E-state index is -0.364. The van der Waals surface area contributed by atoms with E-state index in [1.807, 2.05) is 6.07 Å². The number of hydrogen-bond donors (Lipinski definition) is 1. The first-order valence-electron chi connectivity index (χ1n) is 7.52. The van der Waals surface area contributed by atoms with E-state index in [2.05, 4.69) is 0 Å². The number of carbonyl (C=O) groups excluding carboxylic acids is 1. The van der Waals surface area contributed by atoms with Crippen LogP contribution in [0.1, 0.15) is 18.1 Å². The number of hydrazine groups is 1. The van der Waals surface area contributed by atoms with Crippen LogP contribution in [0.25, 0.3) is 0 Å². The highest BCUT2D eigenvalue weighted by atomic mass is 35.5. The van der Waals surface area contributed by atoms with Crippen molar-refractivity contribution < 1.29 is 14.3 Å². The molecule has 1 aromatic carbocycles. The average Bonchev–Trinajstić information content (AvgIpc) is 2.70. The van der Waals surface area contributed by atoms with Gasteiger partial charge in [-0.1, -0.05) is 11.6 Å². The van der Waals surface area contributed by atoms with Crippen LogP contribution >= 0.6 is 11.6 Å². The van der Waals surface area contributed by atoms with Crippen LogP contribution in [0.3, 0.4) is 0 Å². The quantitative estimate of drug-likeness (QED) is 0.800. The van der Waals surface area contributed by atoms with Crippen molar-refractivity contribution in [2.75, 3.05) is 37.7 Å². The van der Waals surface area contributed by atoms with Gasteiger partial charge in [0.1, 0.15) is 6.61 Å². The molecule has 0 aliphatic carbocycles. The monoisotopic (exact) mass is 325 g/mol. The number of nitrogens with zero attached hydrogens (tertiary/aromatic N) is 2. The summed E-state index contributed by atoms with van der Waals surface area (Å²) >= 11 is 6.55. The number of carbonyl (C=O) groups is 1. The zero-order valence-electron chi connectivity index (χ0n) is 12.6. The van der Waals surface area contributed by atoms with E-state index in [9.17, 15) is 4.79 Å². The lowest BCUT2D eigenvalue weighted by atomic mass is 10.0. The first-order valence-corrected chi connectivity index (χ1v) is 7.90. The molecule has 0 fully saturated rings. The largest absolute Gasteiger partial charge is 0.488 e. The summed E-state index contributed by atoms with van der Waals surface area (Å²) in [6.07, 6.45) is 1.22. The molecule has 1 amide bonds. The Hall–Kier alpha value is -1.50. The molecule has 0 aromatic heterocycles. The molecule has 0 unspecified atom stereocenters. The molecule has 0 saturated heterocycles. The summed E-state index contributed by atoms with van der Waals surface area (Å²) in [5, 5.41) is 2.39. The number of rotatable bonds is 1. The molecule has 120 valence electrons. The number of benzene rings is 1. The second kappa shape index (κ2) is 6.32. The van der Waals surface area contributed by atoms with Gasteiger partial charge in [0.15, 0.2) is 5.75 Å². The van der Waals surface area contributed by atoms with Gasteiger partial charge in [0.05, 0.1) is 23.9 Å². The van der Waals surface area contributed by atoms with E-state index in [4.69, 9.17) is 26.9 Å². The Morgan fingerprint density at radius 1 is 1.41 bits per heavy atom. The molecule has 0 saturated carbocycles. The Morgan fingerprint density at radius 3 is 2.95 bits per heavy atom.